The molecule has 0 aliphatic carbocycles. The van der Waals surface area contributed by atoms with Crippen molar-refractivity contribution in [2.45, 2.75) is 0 Å². The lowest BCUT2D eigenvalue weighted by Crippen LogP contribution is -2.14. The van der Waals surface area contributed by atoms with Crippen LogP contribution in [0.5, 0.6) is 5.75 Å². The third kappa shape index (κ3) is 5.87. The lowest BCUT2D eigenvalue weighted by molar-refractivity contribution is -0.112. The first-order chi connectivity index (χ1) is 14.9. The maximum Gasteiger partial charge on any atom is 0.343 e. The van der Waals surface area contributed by atoms with Crippen molar-refractivity contribution >= 4 is 58.4 Å². The highest BCUT2D eigenvalue weighted by atomic mass is 35.5. The minimum atomic E-state index is -0.689. The van der Waals surface area contributed by atoms with Gasteiger partial charge in [-0.1, -0.05) is 53.0 Å². The van der Waals surface area contributed by atoms with Gasteiger partial charge >= 0.3 is 5.97 Å². The van der Waals surface area contributed by atoms with Crippen LogP contribution in [0.1, 0.15) is 15.9 Å². The predicted molar refractivity (Wildman–Crippen MR) is 122 cm³/mol. The maximum atomic E-state index is 12.6. The van der Waals surface area contributed by atoms with Crippen molar-refractivity contribution in [3.05, 3.63) is 98.5 Å². The number of anilines is 1. The first kappa shape index (κ1) is 22.4. The molecule has 0 fully saturated rings. The highest BCUT2D eigenvalue weighted by Crippen LogP contribution is 2.27. The summed E-state index contributed by atoms with van der Waals surface area (Å²) in [6.07, 6.45) is 1.32. The van der Waals surface area contributed by atoms with Crippen molar-refractivity contribution in [2.24, 2.45) is 0 Å². The standard InChI is InChI=1S/C23H13Cl3N2O3/c24-17-7-5-14(6-8-17)23(30)31-21-4-2-1-3-15(21)11-16(13-27)22(29)28-20-12-18(25)9-10-19(20)26/h1-12H,(H,28,29)/b16-11+. The molecule has 0 saturated carbocycles. The monoisotopic (exact) mass is 470 g/mol. The zero-order valence-electron chi connectivity index (χ0n) is 15.7. The van der Waals surface area contributed by atoms with Gasteiger partial charge in [-0.3, -0.25) is 4.79 Å². The van der Waals surface area contributed by atoms with E-state index in [1.807, 2.05) is 6.07 Å². The van der Waals surface area contributed by atoms with Crippen molar-refractivity contribution in [3.8, 4) is 11.8 Å². The lowest BCUT2D eigenvalue weighted by Gasteiger charge is -2.09. The van der Waals surface area contributed by atoms with Crippen LogP contribution in [0.2, 0.25) is 15.1 Å². The molecular weight excluding hydrogens is 459 g/mol. The average molecular weight is 472 g/mol. The number of hydrogen-bond donors (Lipinski definition) is 1. The van der Waals surface area contributed by atoms with E-state index in [4.69, 9.17) is 39.5 Å². The molecule has 0 aliphatic rings. The van der Waals surface area contributed by atoms with E-state index in [0.717, 1.165) is 0 Å². The number of nitrogens with one attached hydrogen (secondary N) is 1. The van der Waals surface area contributed by atoms with Crippen LogP contribution in [0.25, 0.3) is 6.08 Å². The van der Waals surface area contributed by atoms with Gasteiger partial charge in [0.15, 0.2) is 0 Å². The molecule has 0 spiro atoms. The van der Waals surface area contributed by atoms with E-state index in [2.05, 4.69) is 5.32 Å². The first-order valence-electron chi connectivity index (χ1n) is 8.82. The third-order valence-corrected chi connectivity index (χ3v) is 4.86. The van der Waals surface area contributed by atoms with Gasteiger partial charge in [0.05, 0.1) is 16.3 Å². The molecule has 0 aliphatic heterocycles. The van der Waals surface area contributed by atoms with Gasteiger partial charge in [0, 0.05) is 15.6 Å². The van der Waals surface area contributed by atoms with Crippen molar-refractivity contribution < 1.29 is 14.3 Å². The summed E-state index contributed by atoms with van der Waals surface area (Å²) in [6.45, 7) is 0. The van der Waals surface area contributed by atoms with Gasteiger partial charge in [0.25, 0.3) is 5.91 Å². The molecule has 5 nitrogen and oxygen atoms in total. The second kappa shape index (κ2) is 10.1. The number of esters is 1. The van der Waals surface area contributed by atoms with E-state index in [1.165, 1.54) is 30.3 Å². The Morgan fingerprint density at radius 3 is 2.32 bits per heavy atom. The third-order valence-electron chi connectivity index (χ3n) is 4.04. The summed E-state index contributed by atoms with van der Waals surface area (Å²) in [5.41, 5.74) is 0.722. The molecule has 0 unspecified atom stereocenters. The number of para-hydroxylation sites is 1. The Morgan fingerprint density at radius 1 is 0.935 bits per heavy atom. The van der Waals surface area contributed by atoms with Crippen molar-refractivity contribution in [3.63, 3.8) is 0 Å². The molecule has 0 bridgehead atoms. The Hall–Kier alpha value is -3.30. The van der Waals surface area contributed by atoms with Gasteiger partial charge in [0.2, 0.25) is 0 Å². The quantitative estimate of drug-likeness (QED) is 0.202. The highest BCUT2D eigenvalue weighted by Gasteiger charge is 2.15. The zero-order valence-corrected chi connectivity index (χ0v) is 18.0. The Bertz CT molecular complexity index is 1220. The Balaban J connectivity index is 1.85. The molecule has 3 rings (SSSR count). The second-order valence-electron chi connectivity index (χ2n) is 6.18. The van der Waals surface area contributed by atoms with Crippen molar-refractivity contribution in [1.82, 2.24) is 0 Å². The van der Waals surface area contributed by atoms with E-state index in [1.54, 1.807) is 42.5 Å². The van der Waals surface area contributed by atoms with Gasteiger partial charge in [-0.05, 0) is 54.6 Å². The lowest BCUT2D eigenvalue weighted by atomic mass is 10.1. The van der Waals surface area contributed by atoms with E-state index in [0.29, 0.717) is 21.2 Å². The summed E-state index contributed by atoms with van der Waals surface area (Å²) in [5.74, 6) is -1.11. The molecule has 3 aromatic rings. The molecule has 1 N–H and O–H groups in total. The van der Waals surface area contributed by atoms with Gasteiger partial charge in [-0.2, -0.15) is 5.26 Å². The fraction of sp³-hybridized carbons (Fsp3) is 0. The van der Waals surface area contributed by atoms with Crippen LogP contribution in [0, 0.1) is 11.3 Å². The number of amides is 1. The number of carbonyl (C=O) groups excluding carboxylic acids is 2. The number of nitriles is 1. The average Bonchev–Trinajstić information content (AvgIpc) is 2.76. The Morgan fingerprint density at radius 2 is 1.61 bits per heavy atom. The summed E-state index contributed by atoms with van der Waals surface area (Å²) in [4.78, 5) is 25.0. The number of carbonyl (C=O) groups is 2. The molecule has 3 aromatic carbocycles. The molecule has 154 valence electrons. The number of ether oxygens (including phenoxy) is 1. The fourth-order valence-corrected chi connectivity index (χ4v) is 2.99. The predicted octanol–water partition coefficient (Wildman–Crippen LogP) is 6.41. The molecule has 8 heteroatoms. The fourth-order valence-electron chi connectivity index (χ4n) is 2.52. The van der Waals surface area contributed by atoms with E-state index >= 15 is 0 Å². The summed E-state index contributed by atoms with van der Waals surface area (Å²) in [5, 5.41) is 13.2. The molecule has 0 aromatic heterocycles. The number of hydrogen-bond acceptors (Lipinski definition) is 4. The minimum Gasteiger partial charge on any atom is -0.422 e. The van der Waals surface area contributed by atoms with Gasteiger partial charge in [-0.15, -0.1) is 0 Å². The molecule has 0 saturated heterocycles. The summed E-state index contributed by atoms with van der Waals surface area (Å²) >= 11 is 17.8. The van der Waals surface area contributed by atoms with Crippen LogP contribution < -0.4 is 10.1 Å². The van der Waals surface area contributed by atoms with Crippen molar-refractivity contribution in [1.29, 1.82) is 5.26 Å². The van der Waals surface area contributed by atoms with Crippen molar-refractivity contribution in [2.75, 3.05) is 5.32 Å². The smallest absolute Gasteiger partial charge is 0.343 e. The first-order valence-corrected chi connectivity index (χ1v) is 9.96. The number of nitrogens with zero attached hydrogens (tertiary/aromatic N) is 1. The van der Waals surface area contributed by atoms with Crippen LogP contribution in [-0.2, 0) is 4.79 Å². The zero-order chi connectivity index (χ0) is 22.4. The van der Waals surface area contributed by atoms with Gasteiger partial charge < -0.3 is 10.1 Å². The van der Waals surface area contributed by atoms with Crippen LogP contribution in [0.4, 0.5) is 5.69 Å². The molecular formula is C23H13Cl3N2O3. The largest absolute Gasteiger partial charge is 0.422 e. The molecule has 0 radical (unpaired) electrons. The molecule has 0 heterocycles. The van der Waals surface area contributed by atoms with Crippen LogP contribution in [-0.4, -0.2) is 11.9 Å². The Labute approximate surface area is 193 Å². The molecule has 0 atom stereocenters. The topological polar surface area (TPSA) is 79.2 Å². The second-order valence-corrected chi connectivity index (χ2v) is 7.46. The summed E-state index contributed by atoms with van der Waals surface area (Å²) in [6, 6.07) is 19.1. The SMILES string of the molecule is N#C/C(=C\c1ccccc1OC(=O)c1ccc(Cl)cc1)C(=O)Nc1cc(Cl)ccc1Cl. The summed E-state index contributed by atoms with van der Waals surface area (Å²) < 4.78 is 5.44. The minimum absolute atomic E-state index is 0.184. The van der Waals surface area contributed by atoms with E-state index in [-0.39, 0.29) is 22.0 Å². The van der Waals surface area contributed by atoms with E-state index < -0.39 is 11.9 Å². The van der Waals surface area contributed by atoms with E-state index in [9.17, 15) is 14.9 Å². The highest BCUT2D eigenvalue weighted by molar-refractivity contribution is 6.36. The van der Waals surface area contributed by atoms with Gasteiger partial charge in [-0.25, -0.2) is 4.79 Å². The van der Waals surface area contributed by atoms with Gasteiger partial charge in [0.1, 0.15) is 17.4 Å². The summed E-state index contributed by atoms with van der Waals surface area (Å²) in [7, 11) is 0. The van der Waals surface area contributed by atoms with Crippen LogP contribution in [0.15, 0.2) is 72.3 Å². The van der Waals surface area contributed by atoms with Crippen LogP contribution in [0.3, 0.4) is 0 Å². The maximum absolute atomic E-state index is 12.6. The normalized spacial score (nSPS) is 10.8. The molecule has 31 heavy (non-hydrogen) atoms. The number of rotatable bonds is 5. The van der Waals surface area contributed by atoms with Crippen LogP contribution >= 0.6 is 34.8 Å². The number of benzene rings is 3. The molecule has 1 amide bonds. The Kier molecular flexibility index (Phi) is 7.32. The number of halogens is 3.